The molecule has 0 atom stereocenters. The van der Waals surface area contributed by atoms with Crippen molar-refractivity contribution < 1.29 is 35.5 Å². The molecule has 164 valence electrons. The van der Waals surface area contributed by atoms with Gasteiger partial charge in [-0.2, -0.15) is 8.78 Å². The standard InChI is InChI=1S/C23H17F7O/c1-3-4-13-5-6-16(19(26)7-13)14-8-20(27)22(21(28)9-14)23(29,30)31-15-10-17(24)12(2)18(25)11-15/h5-11H,3-4H2,1-2H3. The van der Waals surface area contributed by atoms with Gasteiger partial charge in [0.2, 0.25) is 0 Å². The molecule has 0 unspecified atom stereocenters. The van der Waals surface area contributed by atoms with Crippen LogP contribution in [-0.2, 0) is 12.5 Å². The molecule has 0 N–H and O–H groups in total. The lowest BCUT2D eigenvalue weighted by molar-refractivity contribution is -0.189. The van der Waals surface area contributed by atoms with Gasteiger partial charge in [0.25, 0.3) is 0 Å². The highest BCUT2D eigenvalue weighted by Crippen LogP contribution is 2.38. The van der Waals surface area contributed by atoms with Crippen molar-refractivity contribution in [1.82, 2.24) is 0 Å². The molecule has 0 amide bonds. The second-order valence-corrected chi connectivity index (χ2v) is 7.01. The predicted octanol–water partition coefficient (Wildman–Crippen LogP) is 7.44. The third-order valence-corrected chi connectivity index (χ3v) is 4.72. The minimum Gasteiger partial charge on any atom is -0.429 e. The minimum atomic E-state index is -4.59. The lowest BCUT2D eigenvalue weighted by atomic mass is 9.99. The van der Waals surface area contributed by atoms with Gasteiger partial charge in [0.05, 0.1) is 0 Å². The van der Waals surface area contributed by atoms with E-state index in [9.17, 15) is 30.7 Å². The Bertz CT molecular complexity index is 1080. The SMILES string of the molecule is CCCc1ccc(-c2cc(F)c(C(F)(F)Oc3cc(F)c(C)c(F)c3)c(F)c2)c(F)c1. The van der Waals surface area contributed by atoms with Crippen molar-refractivity contribution in [1.29, 1.82) is 0 Å². The number of benzene rings is 3. The Hall–Kier alpha value is -3.03. The van der Waals surface area contributed by atoms with E-state index in [-0.39, 0.29) is 11.1 Å². The predicted molar refractivity (Wildman–Crippen MR) is 101 cm³/mol. The van der Waals surface area contributed by atoms with Gasteiger partial charge in [0.15, 0.2) is 0 Å². The highest BCUT2D eigenvalue weighted by Gasteiger charge is 2.41. The Kier molecular flexibility index (Phi) is 6.29. The molecule has 0 aromatic heterocycles. The van der Waals surface area contributed by atoms with E-state index in [1.807, 2.05) is 6.92 Å². The lowest BCUT2D eigenvalue weighted by Gasteiger charge is -2.20. The van der Waals surface area contributed by atoms with Crippen LogP contribution in [0.1, 0.15) is 30.0 Å². The fourth-order valence-electron chi connectivity index (χ4n) is 3.12. The molecule has 0 bridgehead atoms. The molecule has 3 rings (SSSR count). The van der Waals surface area contributed by atoms with Crippen LogP contribution in [0.25, 0.3) is 11.1 Å². The Morgan fingerprint density at radius 1 is 0.774 bits per heavy atom. The van der Waals surface area contributed by atoms with Crippen LogP contribution >= 0.6 is 0 Å². The molecule has 0 aliphatic heterocycles. The first kappa shape index (κ1) is 22.7. The number of halogens is 7. The molecule has 8 heteroatoms. The van der Waals surface area contributed by atoms with Crippen molar-refractivity contribution in [2.24, 2.45) is 0 Å². The van der Waals surface area contributed by atoms with Gasteiger partial charge in [0, 0.05) is 23.3 Å². The van der Waals surface area contributed by atoms with Gasteiger partial charge < -0.3 is 4.74 Å². The molecule has 0 fully saturated rings. The summed E-state index contributed by atoms with van der Waals surface area (Å²) in [6.07, 6.45) is -3.23. The Morgan fingerprint density at radius 3 is 1.87 bits per heavy atom. The maximum absolute atomic E-state index is 14.5. The van der Waals surface area contributed by atoms with E-state index in [0.717, 1.165) is 13.3 Å². The van der Waals surface area contributed by atoms with E-state index in [1.54, 1.807) is 6.07 Å². The van der Waals surface area contributed by atoms with Crippen LogP contribution in [0.4, 0.5) is 30.7 Å². The highest BCUT2D eigenvalue weighted by atomic mass is 19.3. The van der Waals surface area contributed by atoms with Gasteiger partial charge in [0.1, 0.15) is 40.4 Å². The Labute approximate surface area is 174 Å². The fourth-order valence-corrected chi connectivity index (χ4v) is 3.12. The normalized spacial score (nSPS) is 11.6. The van der Waals surface area contributed by atoms with Gasteiger partial charge in [-0.1, -0.05) is 25.5 Å². The van der Waals surface area contributed by atoms with Crippen molar-refractivity contribution in [2.75, 3.05) is 0 Å². The molecule has 0 aliphatic rings. The molecule has 31 heavy (non-hydrogen) atoms. The first-order chi connectivity index (χ1) is 14.5. The number of aryl methyl sites for hydroxylation is 1. The molecular weight excluding hydrogens is 425 g/mol. The topological polar surface area (TPSA) is 9.23 Å². The van der Waals surface area contributed by atoms with Crippen LogP contribution in [0, 0.1) is 36.0 Å². The van der Waals surface area contributed by atoms with Crippen LogP contribution < -0.4 is 4.74 Å². The van der Waals surface area contributed by atoms with Crippen molar-refractivity contribution >= 4 is 0 Å². The summed E-state index contributed by atoms with van der Waals surface area (Å²) in [5.41, 5.74) is -1.97. The zero-order valence-electron chi connectivity index (χ0n) is 16.5. The molecule has 3 aromatic carbocycles. The summed E-state index contributed by atoms with van der Waals surface area (Å²) < 4.78 is 104. The number of alkyl halides is 2. The van der Waals surface area contributed by atoms with Crippen molar-refractivity contribution in [3.05, 3.63) is 88.2 Å². The third kappa shape index (κ3) is 4.68. The minimum absolute atomic E-state index is 0.170. The van der Waals surface area contributed by atoms with E-state index in [0.29, 0.717) is 36.2 Å². The smallest absolute Gasteiger partial charge is 0.429 e. The summed E-state index contributed by atoms with van der Waals surface area (Å²) in [7, 11) is 0. The summed E-state index contributed by atoms with van der Waals surface area (Å²) in [5, 5.41) is 0. The van der Waals surface area contributed by atoms with Crippen molar-refractivity contribution in [2.45, 2.75) is 32.8 Å². The van der Waals surface area contributed by atoms with Crippen LogP contribution in [-0.4, -0.2) is 0 Å². The van der Waals surface area contributed by atoms with Crippen molar-refractivity contribution in [3.8, 4) is 16.9 Å². The summed E-state index contributed by atoms with van der Waals surface area (Å²) in [4.78, 5) is 0. The molecule has 0 aliphatic carbocycles. The van der Waals surface area contributed by atoms with Gasteiger partial charge in [-0.3, -0.25) is 0 Å². The number of rotatable bonds is 6. The number of hydrogen-bond donors (Lipinski definition) is 0. The third-order valence-electron chi connectivity index (χ3n) is 4.72. The average Bonchev–Trinajstić information content (AvgIpc) is 2.65. The second kappa shape index (κ2) is 8.61. The maximum atomic E-state index is 14.5. The fraction of sp³-hybridized carbons (Fsp3) is 0.217. The van der Waals surface area contributed by atoms with E-state index in [4.69, 9.17) is 0 Å². The van der Waals surface area contributed by atoms with Crippen LogP contribution in [0.5, 0.6) is 5.75 Å². The summed E-state index contributed by atoms with van der Waals surface area (Å²) in [6, 6.07) is 6.13. The summed E-state index contributed by atoms with van der Waals surface area (Å²) in [6.45, 7) is 2.98. The monoisotopic (exact) mass is 442 g/mol. The first-order valence-corrected chi connectivity index (χ1v) is 9.34. The highest BCUT2D eigenvalue weighted by molar-refractivity contribution is 5.65. The molecule has 0 spiro atoms. The van der Waals surface area contributed by atoms with E-state index >= 15 is 0 Å². The van der Waals surface area contributed by atoms with Crippen LogP contribution in [0.2, 0.25) is 0 Å². The van der Waals surface area contributed by atoms with Gasteiger partial charge in [-0.15, -0.1) is 0 Å². The molecular formula is C23H17F7O. The van der Waals surface area contributed by atoms with Crippen LogP contribution in [0.15, 0.2) is 42.5 Å². The zero-order valence-corrected chi connectivity index (χ0v) is 16.5. The summed E-state index contributed by atoms with van der Waals surface area (Å²) in [5.74, 6) is -7.44. The van der Waals surface area contributed by atoms with Gasteiger partial charge in [-0.25, -0.2) is 22.0 Å². The summed E-state index contributed by atoms with van der Waals surface area (Å²) >= 11 is 0. The lowest BCUT2D eigenvalue weighted by Crippen LogP contribution is -2.25. The quantitative estimate of drug-likeness (QED) is 0.361. The molecule has 1 nitrogen and oxygen atoms in total. The van der Waals surface area contributed by atoms with Gasteiger partial charge in [-0.05, 0) is 42.7 Å². The largest absolute Gasteiger partial charge is 0.432 e. The molecule has 3 aromatic rings. The number of hydrogen-bond acceptors (Lipinski definition) is 1. The molecule has 0 heterocycles. The maximum Gasteiger partial charge on any atom is 0.432 e. The first-order valence-electron chi connectivity index (χ1n) is 9.34. The van der Waals surface area contributed by atoms with Gasteiger partial charge >= 0.3 is 6.11 Å². The Balaban J connectivity index is 1.98. The van der Waals surface area contributed by atoms with E-state index in [1.165, 1.54) is 12.1 Å². The molecule has 0 saturated heterocycles. The van der Waals surface area contributed by atoms with E-state index < -0.39 is 52.1 Å². The zero-order chi connectivity index (χ0) is 22.9. The average molecular weight is 442 g/mol. The molecule has 0 saturated carbocycles. The van der Waals surface area contributed by atoms with Crippen molar-refractivity contribution in [3.63, 3.8) is 0 Å². The van der Waals surface area contributed by atoms with Crippen LogP contribution in [0.3, 0.4) is 0 Å². The second-order valence-electron chi connectivity index (χ2n) is 7.01. The van der Waals surface area contributed by atoms with E-state index in [2.05, 4.69) is 4.74 Å². The number of ether oxygens (including phenoxy) is 1. The molecule has 0 radical (unpaired) electrons. The Morgan fingerprint density at radius 2 is 1.35 bits per heavy atom.